The van der Waals surface area contributed by atoms with Gasteiger partial charge in [0, 0.05) is 109 Å². The number of hydrogen-bond acceptors (Lipinski definition) is 3. The van der Waals surface area contributed by atoms with Gasteiger partial charge in [0.15, 0.2) is 18.6 Å². The van der Waals surface area contributed by atoms with Gasteiger partial charge in [-0.3, -0.25) is 15.0 Å². The molecule has 0 N–H and O–H groups in total. The second-order valence-corrected chi connectivity index (χ2v) is 25.0. The third-order valence-corrected chi connectivity index (χ3v) is 16.9. The Morgan fingerprint density at radius 3 is 1.25 bits per heavy atom. The number of pyridine rings is 6. The van der Waals surface area contributed by atoms with Gasteiger partial charge in [0.05, 0.1) is 33.8 Å². The summed E-state index contributed by atoms with van der Waals surface area (Å²) in [6.45, 7) is 14.6. The number of aromatic nitrogens is 6. The number of rotatable bonds is 7. The van der Waals surface area contributed by atoms with Crippen LogP contribution >= 0.6 is 0 Å². The number of hydrogen-bond donors (Lipinski definition) is 0. The minimum Gasteiger partial charge on any atom is -0.257 e. The van der Waals surface area contributed by atoms with Crippen molar-refractivity contribution in [2.24, 2.45) is 32.5 Å². The minimum absolute atomic E-state index is 0.163. The third kappa shape index (κ3) is 11.3. The summed E-state index contributed by atoms with van der Waals surface area (Å²) in [5.74, 6) is -0.672. The first-order chi connectivity index (χ1) is 45.0. The molecule has 1 fully saturated rings. The Labute approximate surface area is 516 Å². The summed E-state index contributed by atoms with van der Waals surface area (Å²) in [5.41, 5.74) is 25.1. The van der Waals surface area contributed by atoms with E-state index in [9.17, 15) is 0 Å². The summed E-state index contributed by atoms with van der Waals surface area (Å²) in [5, 5.41) is 0. The van der Waals surface area contributed by atoms with Gasteiger partial charge in [0.1, 0.15) is 21.1 Å². The van der Waals surface area contributed by atoms with Crippen LogP contribution in [0.4, 0.5) is 0 Å². The van der Waals surface area contributed by atoms with Gasteiger partial charge in [-0.1, -0.05) is 83.9 Å². The summed E-state index contributed by atoms with van der Waals surface area (Å²) in [6.07, 6.45) is 8.69. The SMILES string of the molecule is [2H]C([2H])([2H])c1cc(C)nc2c1-c1ccc(C)c(-c3cc(C([2H])([2H])C(C)(C)C)cc[n+]3C)c1C2.[2H]C([2H])([2H])c1cc(C)nc2c1-c1ccc(C)c(-c3cc(C([2H])([2H])C(C)C)cc[n+]3C)c1C2.[2H]C([2H])([2H])c1cc(C)nc2c1-c1ccc(C)c(-c3cc(C4([2H])CCCC4)cc[n+]3C)c1C2. The van der Waals surface area contributed by atoms with E-state index >= 15 is 0 Å². The molecule has 0 saturated heterocycles. The van der Waals surface area contributed by atoms with Gasteiger partial charge in [0.2, 0.25) is 17.1 Å². The fourth-order valence-electron chi connectivity index (χ4n) is 13.3. The van der Waals surface area contributed by atoms with Crippen LogP contribution in [0.15, 0.2) is 110 Å². The summed E-state index contributed by atoms with van der Waals surface area (Å²) in [7, 11) is 5.96. The van der Waals surface area contributed by atoms with Crippen LogP contribution in [0.2, 0.25) is 0 Å². The summed E-state index contributed by atoms with van der Waals surface area (Å²) in [6, 6.07) is 29.1. The van der Waals surface area contributed by atoms with Crippen LogP contribution in [-0.2, 0) is 53.2 Å². The van der Waals surface area contributed by atoms with Crippen molar-refractivity contribution in [3.63, 3.8) is 0 Å². The van der Waals surface area contributed by atoms with Gasteiger partial charge in [-0.25, -0.2) is 13.7 Å². The van der Waals surface area contributed by atoms with E-state index in [1.54, 1.807) is 18.2 Å². The standard InChI is InChI=1S/C26H29N2.C26H31N2.C25H29N2/c1-16-9-10-21-22(15-23-25(21)17(2)13-18(3)27-23)26(16)24-14-20(11-12-28(24)4)19-7-5-6-8-19;1-16-8-9-20-21(14-22-24(20)17(2)12-18(3)27-22)25(16)23-13-19(10-11-28(23)7)15-26(4,5)6;1-15(2)11-19-9-10-27(6)23(13-19)25-16(3)7-8-20-21(25)14-22-24(20)17(4)12-18(5)26-22/h9-14,19H,5-8,15H2,1-4H3;8-13H,14-15H2,1-7H3;7-10,12-13,15H,11,14H2,1-6H3/q3*+1/i2D3,19D;2D3,15D2;4D3,11D2. The van der Waals surface area contributed by atoms with Gasteiger partial charge in [-0.05, 0) is 207 Å². The van der Waals surface area contributed by atoms with Crippen molar-refractivity contribution in [2.75, 3.05) is 0 Å². The Morgan fingerprint density at radius 1 is 0.494 bits per heavy atom. The fraction of sp³-hybridized carbons (Fsp3) is 0.377. The van der Waals surface area contributed by atoms with Crippen LogP contribution in [0.3, 0.4) is 0 Å². The molecule has 4 aliphatic carbocycles. The van der Waals surface area contributed by atoms with Gasteiger partial charge in [-0.2, -0.15) is 0 Å². The Hall–Kier alpha value is -7.44. The minimum atomic E-state index is -2.22. The first-order valence-corrected chi connectivity index (χ1v) is 29.5. The zero-order valence-corrected chi connectivity index (χ0v) is 51.1. The lowest BCUT2D eigenvalue weighted by Crippen LogP contribution is -2.31. The Kier molecular flexibility index (Phi) is 11.5. The lowest BCUT2D eigenvalue weighted by atomic mass is 9.87. The van der Waals surface area contributed by atoms with E-state index in [4.69, 9.17) is 34.1 Å². The van der Waals surface area contributed by atoms with Crippen LogP contribution in [-0.4, -0.2) is 15.0 Å². The molecule has 0 spiro atoms. The van der Waals surface area contributed by atoms with Crippen molar-refractivity contribution >= 4 is 0 Å². The molecule has 6 nitrogen and oxygen atoms in total. The van der Waals surface area contributed by atoms with Gasteiger partial charge < -0.3 is 0 Å². The van der Waals surface area contributed by atoms with Crippen LogP contribution in [0.5, 0.6) is 0 Å². The second-order valence-electron chi connectivity index (χ2n) is 25.0. The quantitative estimate of drug-likeness (QED) is 0.149. The van der Waals surface area contributed by atoms with Crippen molar-refractivity contribution in [2.45, 2.75) is 160 Å². The van der Waals surface area contributed by atoms with Crippen molar-refractivity contribution in [1.82, 2.24) is 15.0 Å². The van der Waals surface area contributed by atoms with Crippen molar-refractivity contribution in [3.05, 3.63) is 211 Å². The molecule has 3 aromatic carbocycles. The van der Waals surface area contributed by atoms with Crippen LogP contribution in [0.1, 0.15) is 186 Å². The zero-order valence-electron chi connectivity index (χ0n) is 65.1. The Morgan fingerprint density at radius 2 is 0.867 bits per heavy atom. The molecule has 0 unspecified atom stereocenters. The van der Waals surface area contributed by atoms with E-state index < -0.39 is 44.6 Å². The highest BCUT2D eigenvalue weighted by Gasteiger charge is 2.33. The largest absolute Gasteiger partial charge is 0.257 e. The van der Waals surface area contributed by atoms with Crippen LogP contribution in [0.25, 0.3) is 67.2 Å². The average molecular weight is 1110 g/mol. The normalized spacial score (nSPS) is 17.3. The molecule has 0 bridgehead atoms. The molecule has 6 heteroatoms. The van der Waals surface area contributed by atoms with E-state index in [0.717, 1.165) is 155 Å². The molecule has 83 heavy (non-hydrogen) atoms. The number of aryl methyl sites for hydroxylation is 12. The topological polar surface area (TPSA) is 50.3 Å². The first-order valence-electron chi connectivity index (χ1n) is 36.5. The zero-order chi connectivity index (χ0) is 70.9. The lowest BCUT2D eigenvalue weighted by Gasteiger charge is -2.18. The lowest BCUT2D eigenvalue weighted by molar-refractivity contribution is -0.660. The van der Waals surface area contributed by atoms with E-state index in [2.05, 4.69) is 42.0 Å². The number of benzene rings is 3. The third-order valence-electron chi connectivity index (χ3n) is 16.9. The van der Waals surface area contributed by atoms with Gasteiger partial charge >= 0.3 is 0 Å². The first kappa shape index (κ1) is 42.4. The summed E-state index contributed by atoms with van der Waals surface area (Å²) >= 11 is 0. The number of fused-ring (bicyclic) bond motifs is 9. The van der Waals surface area contributed by atoms with Crippen molar-refractivity contribution in [3.8, 4) is 67.2 Å². The van der Waals surface area contributed by atoms with Crippen LogP contribution in [0, 0.1) is 73.4 Å². The molecule has 0 radical (unpaired) electrons. The molecule has 6 heterocycles. The molecule has 0 aliphatic heterocycles. The molecule has 0 atom stereocenters. The average Bonchev–Trinajstić information content (AvgIpc) is 1.62. The fourth-order valence-corrected chi connectivity index (χ4v) is 13.3. The van der Waals surface area contributed by atoms with E-state index in [0.29, 0.717) is 58.5 Å². The number of nitrogens with zero attached hydrogens (tertiary/aromatic N) is 6. The molecule has 0 amide bonds. The molecule has 1 saturated carbocycles. The monoisotopic (exact) mass is 1110 g/mol. The Balaban J connectivity index is 0.000000148. The highest BCUT2D eigenvalue weighted by atomic mass is 14.9. The van der Waals surface area contributed by atoms with Crippen molar-refractivity contribution < 1.29 is 32.9 Å². The molecule has 6 aromatic heterocycles. The molecule has 13 rings (SSSR count). The van der Waals surface area contributed by atoms with Crippen LogP contribution < -0.4 is 13.7 Å². The molecular weight excluding hydrogens is 1010 g/mol. The van der Waals surface area contributed by atoms with Crippen molar-refractivity contribution in [1.29, 1.82) is 0 Å². The maximum atomic E-state index is 9.00. The molecule has 424 valence electrons. The van der Waals surface area contributed by atoms with Gasteiger partial charge in [-0.15, -0.1) is 0 Å². The van der Waals surface area contributed by atoms with Gasteiger partial charge in [0.25, 0.3) is 0 Å². The molecular formula is C77H89N6+3. The predicted molar refractivity (Wildman–Crippen MR) is 343 cm³/mol. The predicted octanol–water partition coefficient (Wildman–Crippen LogP) is 16.7. The summed E-state index contributed by atoms with van der Waals surface area (Å²) in [4.78, 5) is 14.1. The van der Waals surface area contributed by atoms with E-state index in [1.165, 1.54) is 0 Å². The second kappa shape index (κ2) is 22.6. The van der Waals surface area contributed by atoms with E-state index in [-0.39, 0.29) is 5.92 Å². The highest BCUT2D eigenvalue weighted by molar-refractivity contribution is 5.88. The molecule has 9 aromatic rings. The molecule has 4 aliphatic rings. The maximum absolute atomic E-state index is 9.00. The van der Waals surface area contributed by atoms with E-state index in [1.807, 2.05) is 160 Å². The summed E-state index contributed by atoms with van der Waals surface area (Å²) < 4.78 is 123. The Bertz CT molecular complexity index is 4480. The smallest absolute Gasteiger partial charge is 0.213 e. The highest BCUT2D eigenvalue weighted by Crippen LogP contribution is 2.47. The maximum Gasteiger partial charge on any atom is 0.213 e.